The summed E-state index contributed by atoms with van der Waals surface area (Å²) in [4.78, 5) is 24.5. The minimum atomic E-state index is -0.713. The van der Waals surface area contributed by atoms with Crippen molar-refractivity contribution >= 4 is 23.5 Å². The second kappa shape index (κ2) is 11.1. The number of amides is 1. The zero-order valence-corrected chi connectivity index (χ0v) is 18.4. The summed E-state index contributed by atoms with van der Waals surface area (Å²) in [7, 11) is 1.41. The van der Waals surface area contributed by atoms with Crippen LogP contribution >= 0.6 is 11.6 Å². The van der Waals surface area contributed by atoms with Gasteiger partial charge in [-0.25, -0.2) is 4.79 Å². The average molecular weight is 447 g/mol. The molecule has 0 saturated carbocycles. The molecule has 164 valence electrons. The molecule has 0 unspecified atom stereocenters. The van der Waals surface area contributed by atoms with E-state index in [-0.39, 0.29) is 52.0 Å². The van der Waals surface area contributed by atoms with Crippen molar-refractivity contribution in [1.29, 1.82) is 5.26 Å². The van der Waals surface area contributed by atoms with Crippen molar-refractivity contribution in [3.63, 3.8) is 0 Å². The molecule has 2 aromatic carbocycles. The molecule has 2 rings (SSSR count). The average Bonchev–Trinajstić information content (AvgIpc) is 2.73. The molecule has 0 bridgehead atoms. The van der Waals surface area contributed by atoms with E-state index in [1.807, 2.05) is 19.9 Å². The Morgan fingerprint density at radius 1 is 1.13 bits per heavy atom. The molecule has 1 N–H and O–H groups in total. The molecule has 0 saturated heterocycles. The van der Waals surface area contributed by atoms with Crippen LogP contribution in [0, 0.1) is 11.3 Å². The zero-order chi connectivity index (χ0) is 23.0. The summed E-state index contributed by atoms with van der Waals surface area (Å²) in [5.74, 6) is -0.248. The van der Waals surface area contributed by atoms with Crippen LogP contribution in [0.15, 0.2) is 30.3 Å². The third-order valence-corrected chi connectivity index (χ3v) is 4.12. The van der Waals surface area contributed by atoms with Crippen molar-refractivity contribution in [2.45, 2.75) is 26.8 Å². The molecule has 0 heterocycles. The number of carbonyl (C=O) groups is 2. The van der Waals surface area contributed by atoms with Gasteiger partial charge in [0.1, 0.15) is 0 Å². The minimum absolute atomic E-state index is 0.00855. The normalized spacial score (nSPS) is 10.2. The van der Waals surface area contributed by atoms with Gasteiger partial charge in [0.05, 0.1) is 35.9 Å². The maximum atomic E-state index is 12.7. The molecule has 0 atom stereocenters. The predicted octanol–water partition coefficient (Wildman–Crippen LogP) is 3.74. The summed E-state index contributed by atoms with van der Waals surface area (Å²) in [6.07, 6.45) is 0. The Kier molecular flexibility index (Phi) is 8.53. The number of methoxy groups -OCH3 is 1. The summed E-state index contributed by atoms with van der Waals surface area (Å²) in [5.41, 5.74) is 0.441. The van der Waals surface area contributed by atoms with Crippen LogP contribution in [0.1, 0.15) is 36.7 Å². The minimum Gasteiger partial charge on any atom is -0.493 e. The number of halogens is 1. The Balaban J connectivity index is 2.21. The maximum Gasteiger partial charge on any atom is 0.343 e. The molecule has 2 aromatic rings. The van der Waals surface area contributed by atoms with E-state index in [1.54, 1.807) is 6.92 Å². The first kappa shape index (κ1) is 23.8. The van der Waals surface area contributed by atoms with Crippen molar-refractivity contribution in [3.8, 4) is 29.1 Å². The highest BCUT2D eigenvalue weighted by molar-refractivity contribution is 6.32. The lowest BCUT2D eigenvalue weighted by molar-refractivity contribution is -0.123. The molecule has 0 spiro atoms. The largest absolute Gasteiger partial charge is 0.493 e. The van der Waals surface area contributed by atoms with E-state index in [4.69, 9.17) is 35.8 Å². The Hall–Kier alpha value is -3.44. The highest BCUT2D eigenvalue weighted by atomic mass is 35.5. The smallest absolute Gasteiger partial charge is 0.343 e. The molecule has 0 aliphatic rings. The Labute approximate surface area is 185 Å². The van der Waals surface area contributed by atoms with Gasteiger partial charge in [-0.15, -0.1) is 0 Å². The highest BCUT2D eigenvalue weighted by Gasteiger charge is 2.19. The zero-order valence-electron chi connectivity index (χ0n) is 17.7. The van der Waals surface area contributed by atoms with Gasteiger partial charge in [0.2, 0.25) is 0 Å². The molecule has 0 aliphatic heterocycles. The number of carbonyl (C=O) groups excluding carboxylic acids is 2. The molecule has 31 heavy (non-hydrogen) atoms. The fourth-order valence-electron chi connectivity index (χ4n) is 2.57. The topological polar surface area (TPSA) is 107 Å². The predicted molar refractivity (Wildman–Crippen MR) is 114 cm³/mol. The summed E-state index contributed by atoms with van der Waals surface area (Å²) >= 11 is 6.18. The van der Waals surface area contributed by atoms with Gasteiger partial charge >= 0.3 is 5.97 Å². The van der Waals surface area contributed by atoms with Gasteiger partial charge in [-0.1, -0.05) is 11.6 Å². The van der Waals surface area contributed by atoms with Crippen LogP contribution in [-0.2, 0) is 4.79 Å². The van der Waals surface area contributed by atoms with Crippen LogP contribution in [0.25, 0.3) is 0 Å². The van der Waals surface area contributed by atoms with E-state index in [9.17, 15) is 9.59 Å². The first-order valence-corrected chi connectivity index (χ1v) is 9.85. The number of ether oxygens (including phenoxy) is 4. The van der Waals surface area contributed by atoms with Gasteiger partial charge in [-0.2, -0.15) is 5.26 Å². The Morgan fingerprint density at radius 3 is 2.48 bits per heavy atom. The van der Waals surface area contributed by atoms with E-state index in [0.717, 1.165) is 0 Å². The van der Waals surface area contributed by atoms with Crippen LogP contribution in [0.4, 0.5) is 0 Å². The fraction of sp³-hybridized carbons (Fsp3) is 0.318. The van der Waals surface area contributed by atoms with E-state index < -0.39 is 5.97 Å². The molecule has 9 heteroatoms. The van der Waals surface area contributed by atoms with Gasteiger partial charge in [-0.3, -0.25) is 4.79 Å². The van der Waals surface area contributed by atoms with E-state index in [0.29, 0.717) is 12.4 Å². The fourth-order valence-corrected chi connectivity index (χ4v) is 2.82. The molecule has 0 fully saturated rings. The lowest BCUT2D eigenvalue weighted by Gasteiger charge is -2.14. The quantitative estimate of drug-likeness (QED) is 0.461. The lowest BCUT2D eigenvalue weighted by atomic mass is 10.2. The summed E-state index contributed by atoms with van der Waals surface area (Å²) < 4.78 is 21.6. The number of esters is 1. The molecule has 1 amide bonds. The number of nitrogens with one attached hydrogen (secondary N) is 1. The van der Waals surface area contributed by atoms with Crippen LogP contribution in [0.5, 0.6) is 23.0 Å². The van der Waals surface area contributed by atoms with Gasteiger partial charge in [0, 0.05) is 12.1 Å². The van der Waals surface area contributed by atoms with E-state index in [1.165, 1.54) is 37.4 Å². The van der Waals surface area contributed by atoms with Crippen LogP contribution in [0.3, 0.4) is 0 Å². The Bertz CT molecular complexity index is 1000. The molecule has 8 nitrogen and oxygen atoms in total. The summed E-state index contributed by atoms with van der Waals surface area (Å²) in [6, 6.07) is 9.18. The van der Waals surface area contributed by atoms with Gasteiger partial charge in [-0.05, 0) is 45.0 Å². The van der Waals surface area contributed by atoms with E-state index >= 15 is 0 Å². The molecular formula is C22H23ClN2O6. The monoisotopic (exact) mass is 446 g/mol. The highest BCUT2D eigenvalue weighted by Crippen LogP contribution is 2.37. The Morgan fingerprint density at radius 2 is 1.87 bits per heavy atom. The number of nitriles is 1. The third kappa shape index (κ3) is 6.52. The van der Waals surface area contributed by atoms with Crippen LogP contribution in [-0.4, -0.2) is 38.2 Å². The number of hydrogen-bond donors (Lipinski definition) is 1. The molecule has 0 aromatic heterocycles. The van der Waals surface area contributed by atoms with Gasteiger partial charge < -0.3 is 24.3 Å². The standard InChI is InChI=1S/C22H23ClN2O6/c1-5-29-19-9-14(11-24)8-16(23)21(19)31-22(27)15-6-7-17(18(10-15)28-4)30-12-20(26)25-13(2)3/h6-10,13H,5,12H2,1-4H3,(H,25,26). The van der Waals surface area contributed by atoms with E-state index in [2.05, 4.69) is 5.32 Å². The van der Waals surface area contributed by atoms with Gasteiger partial charge in [0.25, 0.3) is 5.91 Å². The number of rotatable bonds is 9. The molecular weight excluding hydrogens is 424 g/mol. The number of benzene rings is 2. The first-order chi connectivity index (χ1) is 14.8. The van der Waals surface area contributed by atoms with Crippen LogP contribution < -0.4 is 24.3 Å². The number of hydrogen-bond acceptors (Lipinski definition) is 7. The maximum absolute atomic E-state index is 12.7. The van der Waals surface area contributed by atoms with Crippen molar-refractivity contribution in [2.75, 3.05) is 20.3 Å². The van der Waals surface area contributed by atoms with Crippen molar-refractivity contribution in [2.24, 2.45) is 0 Å². The van der Waals surface area contributed by atoms with Crippen molar-refractivity contribution in [3.05, 3.63) is 46.5 Å². The third-order valence-electron chi connectivity index (χ3n) is 3.84. The number of nitrogens with zero attached hydrogens (tertiary/aromatic N) is 1. The second-order valence-electron chi connectivity index (χ2n) is 6.60. The van der Waals surface area contributed by atoms with Crippen LogP contribution in [0.2, 0.25) is 5.02 Å². The summed E-state index contributed by atoms with van der Waals surface area (Å²) in [5, 5.41) is 11.9. The van der Waals surface area contributed by atoms with Crippen molar-refractivity contribution in [1.82, 2.24) is 5.32 Å². The summed E-state index contributed by atoms with van der Waals surface area (Å²) in [6.45, 7) is 5.53. The second-order valence-corrected chi connectivity index (χ2v) is 7.00. The SMILES string of the molecule is CCOc1cc(C#N)cc(Cl)c1OC(=O)c1ccc(OCC(=O)NC(C)C)c(OC)c1. The molecule has 0 aliphatic carbocycles. The van der Waals surface area contributed by atoms with Gasteiger partial charge in [0.15, 0.2) is 29.6 Å². The molecule has 0 radical (unpaired) electrons. The van der Waals surface area contributed by atoms with Crippen molar-refractivity contribution < 1.29 is 28.5 Å². The lowest BCUT2D eigenvalue weighted by Crippen LogP contribution is -2.34. The first-order valence-electron chi connectivity index (χ1n) is 9.47.